The van der Waals surface area contributed by atoms with Crippen LogP contribution in [0.1, 0.15) is 23.2 Å². The molecule has 2 aromatic heterocycles. The zero-order valence-corrected chi connectivity index (χ0v) is 22.1. The van der Waals surface area contributed by atoms with Gasteiger partial charge >= 0.3 is 11.6 Å². The van der Waals surface area contributed by atoms with E-state index < -0.39 is 11.6 Å². The Morgan fingerprint density at radius 3 is 2.52 bits per heavy atom. The minimum Gasteiger partial charge on any atom is -0.508 e. The van der Waals surface area contributed by atoms with Crippen LogP contribution in [0.25, 0.3) is 33.5 Å². The Morgan fingerprint density at radius 1 is 0.950 bits per heavy atom. The highest BCUT2D eigenvalue weighted by Crippen LogP contribution is 2.28. The molecule has 11 heteroatoms. The van der Waals surface area contributed by atoms with Crippen molar-refractivity contribution >= 4 is 45.8 Å². The molecule has 0 aliphatic carbocycles. The van der Waals surface area contributed by atoms with Crippen LogP contribution in [-0.2, 0) is 0 Å². The van der Waals surface area contributed by atoms with Crippen LogP contribution in [0.5, 0.6) is 11.5 Å². The summed E-state index contributed by atoms with van der Waals surface area (Å²) in [5.41, 5.74) is 1.53. The molecule has 3 N–H and O–H groups in total. The van der Waals surface area contributed by atoms with E-state index in [0.717, 1.165) is 30.6 Å². The molecule has 3 aromatic carbocycles. The van der Waals surface area contributed by atoms with Gasteiger partial charge in [0.25, 0.3) is 0 Å². The standard InChI is InChI=1S/C29H26N2O8S/c32-21-6-8-22(9-7-21)37-13-1-11-31(12-2-14-40-36)20-5-3-18-15-23(29(35)39-26(18)17-20)27-30-24-16-19(28(33)34)4-10-25(24)38-27/h3-10,15-17,32,36H,1-2,11-14H2,(H,33,34). The molecule has 206 valence electrons. The quantitative estimate of drug-likeness (QED) is 0.0952. The van der Waals surface area contributed by atoms with E-state index in [0.29, 0.717) is 53.3 Å². The molecule has 40 heavy (non-hydrogen) atoms. The minimum absolute atomic E-state index is 0.0500. The average Bonchev–Trinajstić information content (AvgIpc) is 3.38. The number of nitrogens with zero attached hydrogens (tertiary/aromatic N) is 2. The van der Waals surface area contributed by atoms with Gasteiger partial charge in [-0.2, -0.15) is 0 Å². The van der Waals surface area contributed by atoms with E-state index in [2.05, 4.69) is 9.88 Å². The van der Waals surface area contributed by atoms with Crippen molar-refractivity contribution in [2.45, 2.75) is 12.8 Å². The van der Waals surface area contributed by atoms with Gasteiger partial charge in [0, 0.05) is 36.0 Å². The molecule has 0 spiro atoms. The zero-order valence-electron chi connectivity index (χ0n) is 21.3. The molecule has 5 rings (SSSR count). The third kappa shape index (κ3) is 6.22. The van der Waals surface area contributed by atoms with Gasteiger partial charge in [-0.3, -0.25) is 0 Å². The number of ether oxygens (including phenoxy) is 1. The number of carboxylic acid groups (broad SMARTS) is 1. The summed E-state index contributed by atoms with van der Waals surface area (Å²) in [6.45, 7) is 1.82. The number of fused-ring (bicyclic) bond motifs is 2. The molecule has 2 heterocycles. The number of benzene rings is 3. The fourth-order valence-corrected chi connectivity index (χ4v) is 4.56. The van der Waals surface area contributed by atoms with E-state index in [1.54, 1.807) is 36.4 Å². The molecular weight excluding hydrogens is 536 g/mol. The fraction of sp³-hybridized carbons (Fsp3) is 0.207. The van der Waals surface area contributed by atoms with Gasteiger partial charge in [-0.1, -0.05) is 0 Å². The van der Waals surface area contributed by atoms with Crippen molar-refractivity contribution in [1.82, 2.24) is 4.98 Å². The number of phenols is 1. The van der Waals surface area contributed by atoms with Crippen molar-refractivity contribution in [1.29, 1.82) is 0 Å². The van der Waals surface area contributed by atoms with Gasteiger partial charge in [-0.05, 0) is 85.5 Å². The Balaban J connectivity index is 1.35. The van der Waals surface area contributed by atoms with Crippen molar-refractivity contribution in [3.63, 3.8) is 0 Å². The predicted molar refractivity (Wildman–Crippen MR) is 153 cm³/mol. The van der Waals surface area contributed by atoms with E-state index in [9.17, 15) is 19.8 Å². The van der Waals surface area contributed by atoms with Crippen LogP contribution in [0, 0.1) is 0 Å². The third-order valence-corrected chi connectivity index (χ3v) is 6.76. The third-order valence-electron chi connectivity index (χ3n) is 6.29. The molecule has 0 aliphatic heterocycles. The van der Waals surface area contributed by atoms with Gasteiger partial charge in [0.1, 0.15) is 28.2 Å². The van der Waals surface area contributed by atoms with Gasteiger partial charge in [0.15, 0.2) is 5.58 Å². The molecule has 0 saturated carbocycles. The number of anilines is 1. The molecule has 0 aliphatic rings. The van der Waals surface area contributed by atoms with E-state index in [4.69, 9.17) is 18.1 Å². The Kier molecular flexibility index (Phi) is 8.23. The molecule has 0 unspecified atom stereocenters. The summed E-state index contributed by atoms with van der Waals surface area (Å²) < 4.78 is 26.3. The predicted octanol–water partition coefficient (Wildman–Crippen LogP) is 5.88. The Hall–Kier alpha value is -4.48. The Labute approximate surface area is 232 Å². The second kappa shape index (κ2) is 12.1. The smallest absolute Gasteiger partial charge is 0.349 e. The second-order valence-corrected chi connectivity index (χ2v) is 9.71. The number of carbonyl (C=O) groups is 1. The Morgan fingerprint density at radius 2 is 1.75 bits per heavy atom. The highest BCUT2D eigenvalue weighted by molar-refractivity contribution is 7.93. The number of aromatic nitrogens is 1. The van der Waals surface area contributed by atoms with Crippen molar-refractivity contribution < 1.29 is 33.1 Å². The molecule has 10 nitrogen and oxygen atoms in total. The van der Waals surface area contributed by atoms with Gasteiger partial charge in [0.2, 0.25) is 5.89 Å². The summed E-state index contributed by atoms with van der Waals surface area (Å²) in [4.78, 5) is 30.6. The van der Waals surface area contributed by atoms with Crippen LogP contribution in [0.2, 0.25) is 0 Å². The van der Waals surface area contributed by atoms with Crippen LogP contribution in [0.4, 0.5) is 5.69 Å². The fourth-order valence-electron chi connectivity index (χ4n) is 4.30. The molecule has 0 amide bonds. The van der Waals surface area contributed by atoms with Crippen LogP contribution in [0.15, 0.2) is 80.4 Å². The summed E-state index contributed by atoms with van der Waals surface area (Å²) in [7, 11) is 0. The van der Waals surface area contributed by atoms with E-state index in [1.165, 1.54) is 18.2 Å². The first-order valence-electron chi connectivity index (χ1n) is 12.6. The summed E-state index contributed by atoms with van der Waals surface area (Å²) >= 11 is 0.798. The molecule has 0 atom stereocenters. The van der Waals surface area contributed by atoms with Crippen molar-refractivity contribution in [3.05, 3.63) is 82.7 Å². The summed E-state index contributed by atoms with van der Waals surface area (Å²) in [6.07, 6.45) is 1.47. The van der Waals surface area contributed by atoms with Gasteiger partial charge in [-0.25, -0.2) is 14.6 Å². The van der Waals surface area contributed by atoms with Gasteiger partial charge in [-0.15, -0.1) is 0 Å². The van der Waals surface area contributed by atoms with E-state index in [-0.39, 0.29) is 22.8 Å². The van der Waals surface area contributed by atoms with Crippen molar-refractivity contribution in [2.24, 2.45) is 0 Å². The number of aromatic hydroxyl groups is 1. The first kappa shape index (κ1) is 27.1. The van der Waals surface area contributed by atoms with E-state index in [1.807, 2.05) is 12.1 Å². The number of rotatable bonds is 12. The monoisotopic (exact) mass is 562 g/mol. The van der Waals surface area contributed by atoms with Crippen LogP contribution >= 0.6 is 12.0 Å². The molecule has 0 bridgehead atoms. The minimum atomic E-state index is -1.08. The lowest BCUT2D eigenvalue weighted by molar-refractivity contribution is 0.0697. The molecule has 5 aromatic rings. The number of aromatic carboxylic acids is 1. The van der Waals surface area contributed by atoms with E-state index >= 15 is 0 Å². The summed E-state index contributed by atoms with van der Waals surface area (Å²) in [6, 6.07) is 18.1. The van der Waals surface area contributed by atoms with Gasteiger partial charge < -0.3 is 33.2 Å². The lowest BCUT2D eigenvalue weighted by atomic mass is 10.1. The van der Waals surface area contributed by atoms with Crippen LogP contribution < -0.4 is 15.3 Å². The van der Waals surface area contributed by atoms with Crippen molar-refractivity contribution in [2.75, 3.05) is 30.3 Å². The highest BCUT2D eigenvalue weighted by Gasteiger charge is 2.17. The number of phenolic OH excluding ortho intramolecular Hbond substituents is 1. The highest BCUT2D eigenvalue weighted by atomic mass is 32.2. The molecule has 0 radical (unpaired) electrons. The number of hydrogen-bond acceptors (Lipinski definition) is 10. The van der Waals surface area contributed by atoms with Crippen molar-refractivity contribution in [3.8, 4) is 23.0 Å². The number of oxazole rings is 1. The maximum absolute atomic E-state index is 12.9. The summed E-state index contributed by atoms with van der Waals surface area (Å²) in [5, 5.41) is 19.3. The first-order valence-corrected chi connectivity index (χ1v) is 13.5. The lowest BCUT2D eigenvalue weighted by Crippen LogP contribution is -2.27. The normalized spacial score (nSPS) is 11.2. The summed E-state index contributed by atoms with van der Waals surface area (Å²) in [5.74, 6) is 0.407. The second-order valence-electron chi connectivity index (χ2n) is 9.05. The molecule has 0 saturated heterocycles. The maximum atomic E-state index is 12.9. The van der Waals surface area contributed by atoms with Gasteiger partial charge in [0.05, 0.1) is 12.2 Å². The average molecular weight is 563 g/mol. The largest absolute Gasteiger partial charge is 0.508 e. The number of carboxylic acids is 1. The lowest BCUT2D eigenvalue weighted by Gasteiger charge is -2.25. The SMILES string of the molecule is O=C(O)c1ccc2oc(-c3cc4ccc(N(CCCOc5ccc(O)cc5)CCCSO)cc4oc3=O)nc2c1. The van der Waals surface area contributed by atoms with Crippen LogP contribution in [-0.4, -0.2) is 51.2 Å². The topological polar surface area (TPSA) is 146 Å². The zero-order chi connectivity index (χ0) is 28.1. The number of hydrogen-bond donors (Lipinski definition) is 3. The molecular formula is C29H26N2O8S. The first-order chi connectivity index (χ1) is 19.4. The van der Waals surface area contributed by atoms with Crippen LogP contribution in [0.3, 0.4) is 0 Å². The maximum Gasteiger partial charge on any atom is 0.349 e. The molecule has 0 fully saturated rings. The Bertz CT molecular complexity index is 1700.